The van der Waals surface area contributed by atoms with E-state index in [1.54, 1.807) is 18.2 Å². The molecule has 0 radical (unpaired) electrons. The van der Waals surface area contributed by atoms with Crippen LogP contribution >= 0.6 is 47.2 Å². The maximum absolute atomic E-state index is 13.2. The van der Waals surface area contributed by atoms with Crippen LogP contribution in [-0.4, -0.2) is 42.6 Å². The molecule has 0 bridgehead atoms. The van der Waals surface area contributed by atoms with Crippen LogP contribution in [0.2, 0.25) is 15.1 Å². The number of benzene rings is 2. The molecule has 1 aliphatic rings. The minimum atomic E-state index is -0.511. The van der Waals surface area contributed by atoms with Gasteiger partial charge >= 0.3 is 5.76 Å². The number of aromatic amines is 1. The van der Waals surface area contributed by atoms with Gasteiger partial charge in [0.1, 0.15) is 11.6 Å². The lowest BCUT2D eigenvalue weighted by molar-refractivity contribution is 0.254. The summed E-state index contributed by atoms with van der Waals surface area (Å²) in [5, 5.41) is 1.28. The molecule has 31 heavy (non-hydrogen) atoms. The number of anilines is 1. The monoisotopic (exact) mass is 505 g/mol. The van der Waals surface area contributed by atoms with Gasteiger partial charge in [0.25, 0.3) is 0 Å². The highest BCUT2D eigenvalue weighted by Crippen LogP contribution is 2.37. The van der Waals surface area contributed by atoms with Crippen LogP contribution in [0.4, 0.5) is 10.1 Å². The zero-order valence-corrected chi connectivity index (χ0v) is 19.4. The van der Waals surface area contributed by atoms with Crippen LogP contribution in [0.3, 0.4) is 0 Å². The predicted octanol–water partition coefficient (Wildman–Crippen LogP) is 5.52. The van der Waals surface area contributed by atoms with Gasteiger partial charge in [-0.3, -0.25) is 9.88 Å². The largest absolute Gasteiger partial charge is 0.416 e. The molecule has 5 nitrogen and oxygen atoms in total. The number of nitrogens with one attached hydrogen (secondary N) is 1. The average Bonchev–Trinajstić information content (AvgIpc) is 3.12. The summed E-state index contributed by atoms with van der Waals surface area (Å²) >= 11 is 18.5. The van der Waals surface area contributed by atoms with E-state index >= 15 is 0 Å². The van der Waals surface area contributed by atoms with Crippen LogP contribution in [0.25, 0.3) is 11.3 Å². The maximum Gasteiger partial charge on any atom is 0.416 e. The van der Waals surface area contributed by atoms with Gasteiger partial charge in [0.05, 0.1) is 26.4 Å². The highest BCUT2D eigenvalue weighted by Gasteiger charge is 2.21. The summed E-state index contributed by atoms with van der Waals surface area (Å²) in [5.74, 6) is -0.268. The molecule has 1 saturated heterocycles. The van der Waals surface area contributed by atoms with Gasteiger partial charge in [-0.25, -0.2) is 9.18 Å². The third-order valence-electron chi connectivity index (χ3n) is 5.24. The summed E-state index contributed by atoms with van der Waals surface area (Å²) in [6.45, 7) is 3.98. The fourth-order valence-corrected chi connectivity index (χ4v) is 4.27. The molecule has 0 amide bonds. The quantitative estimate of drug-likeness (QED) is 0.463. The third-order valence-corrected chi connectivity index (χ3v) is 6.52. The molecule has 1 aliphatic heterocycles. The number of halogens is 5. The summed E-state index contributed by atoms with van der Waals surface area (Å²) in [7, 11) is 0. The molecule has 0 aliphatic carbocycles. The number of hydrogen-bond donors (Lipinski definition) is 1. The maximum atomic E-state index is 13.2. The molecule has 0 unspecified atom stereocenters. The SMILES string of the molecule is Cl.O=c1[nH]c(-c2ccc(F)cc2)c(CCN2CCN(c3ccc(Cl)c(Cl)c3Cl)CC2)o1. The zero-order chi connectivity index (χ0) is 21.3. The molecular weight excluding hydrogens is 487 g/mol. The number of nitrogens with zero attached hydrogens (tertiary/aromatic N) is 2. The van der Waals surface area contributed by atoms with Crippen molar-refractivity contribution in [1.82, 2.24) is 9.88 Å². The van der Waals surface area contributed by atoms with Crippen LogP contribution in [0.1, 0.15) is 5.76 Å². The summed E-state index contributed by atoms with van der Waals surface area (Å²) in [4.78, 5) is 18.9. The first-order valence-corrected chi connectivity index (χ1v) is 10.6. The number of rotatable bonds is 5. The molecule has 166 valence electrons. The lowest BCUT2D eigenvalue weighted by atomic mass is 10.1. The van der Waals surface area contributed by atoms with E-state index in [2.05, 4.69) is 14.8 Å². The molecule has 0 spiro atoms. The van der Waals surface area contributed by atoms with Gasteiger partial charge in [0, 0.05) is 44.7 Å². The van der Waals surface area contributed by atoms with Crippen molar-refractivity contribution in [2.75, 3.05) is 37.6 Å². The van der Waals surface area contributed by atoms with Crippen molar-refractivity contribution in [1.29, 1.82) is 0 Å². The number of piperazine rings is 1. The lowest BCUT2D eigenvalue weighted by Gasteiger charge is -2.36. The fraction of sp³-hybridized carbons (Fsp3) is 0.286. The molecule has 3 aromatic rings. The zero-order valence-electron chi connectivity index (χ0n) is 16.3. The first-order valence-electron chi connectivity index (χ1n) is 9.51. The lowest BCUT2D eigenvalue weighted by Crippen LogP contribution is -2.47. The standard InChI is InChI=1S/C21H19Cl3FN3O2.ClH/c22-15-5-6-16(19(24)18(15)23)28-11-9-27(10-12-28)8-7-17-20(26-21(29)30-17)13-1-3-14(25)4-2-13;/h1-6H,7-12H2,(H,26,29);1H. The fourth-order valence-electron chi connectivity index (χ4n) is 3.62. The Balaban J connectivity index is 0.00000272. The van der Waals surface area contributed by atoms with Crippen molar-refractivity contribution in [2.45, 2.75) is 6.42 Å². The van der Waals surface area contributed by atoms with E-state index in [1.807, 2.05) is 6.07 Å². The highest BCUT2D eigenvalue weighted by atomic mass is 35.5. The van der Waals surface area contributed by atoms with Gasteiger partial charge in [-0.1, -0.05) is 34.8 Å². The number of oxazole rings is 1. The molecule has 0 saturated carbocycles. The van der Waals surface area contributed by atoms with E-state index in [-0.39, 0.29) is 18.2 Å². The molecule has 1 N–H and O–H groups in total. The first-order chi connectivity index (χ1) is 14.4. The number of H-pyrrole nitrogens is 1. The molecule has 4 rings (SSSR count). The Labute approximate surface area is 200 Å². The summed E-state index contributed by atoms with van der Waals surface area (Å²) < 4.78 is 18.5. The average molecular weight is 507 g/mol. The van der Waals surface area contributed by atoms with Crippen molar-refractivity contribution in [3.8, 4) is 11.3 Å². The van der Waals surface area contributed by atoms with Crippen molar-refractivity contribution in [3.63, 3.8) is 0 Å². The van der Waals surface area contributed by atoms with Crippen molar-refractivity contribution in [3.05, 3.63) is 73.6 Å². The van der Waals surface area contributed by atoms with E-state index < -0.39 is 5.76 Å². The highest BCUT2D eigenvalue weighted by molar-refractivity contribution is 6.49. The Hall–Kier alpha value is -1.70. The van der Waals surface area contributed by atoms with E-state index in [0.29, 0.717) is 32.9 Å². The minimum absolute atomic E-state index is 0. The van der Waals surface area contributed by atoms with Crippen LogP contribution in [0, 0.1) is 5.82 Å². The van der Waals surface area contributed by atoms with Gasteiger partial charge in [-0.2, -0.15) is 0 Å². The molecular formula is C21H20Cl4FN3O2. The van der Waals surface area contributed by atoms with E-state index in [9.17, 15) is 9.18 Å². The number of hydrogen-bond acceptors (Lipinski definition) is 4. The van der Waals surface area contributed by atoms with Gasteiger partial charge in [-0.15, -0.1) is 12.4 Å². The van der Waals surface area contributed by atoms with Crippen molar-refractivity contribution < 1.29 is 8.81 Å². The van der Waals surface area contributed by atoms with Crippen LogP contribution in [0.15, 0.2) is 45.6 Å². The van der Waals surface area contributed by atoms with Crippen LogP contribution in [-0.2, 0) is 6.42 Å². The van der Waals surface area contributed by atoms with Crippen molar-refractivity contribution >= 4 is 52.9 Å². The second-order valence-electron chi connectivity index (χ2n) is 7.09. The molecule has 0 atom stereocenters. The minimum Gasteiger partial charge on any atom is -0.412 e. The summed E-state index contributed by atoms with van der Waals surface area (Å²) in [5.41, 5.74) is 2.19. The normalized spacial score (nSPS) is 14.5. The Bertz CT molecular complexity index is 1090. The van der Waals surface area contributed by atoms with Gasteiger partial charge < -0.3 is 9.32 Å². The van der Waals surface area contributed by atoms with Gasteiger partial charge in [0.15, 0.2) is 0 Å². The molecule has 2 aromatic carbocycles. The van der Waals surface area contributed by atoms with Crippen LogP contribution in [0.5, 0.6) is 0 Å². The molecule has 1 aromatic heterocycles. The Morgan fingerprint density at radius 3 is 2.32 bits per heavy atom. The summed E-state index contributed by atoms with van der Waals surface area (Å²) in [6, 6.07) is 9.60. The molecule has 1 fully saturated rings. The summed E-state index contributed by atoms with van der Waals surface area (Å²) in [6.07, 6.45) is 0.568. The van der Waals surface area contributed by atoms with Crippen molar-refractivity contribution in [2.24, 2.45) is 0 Å². The van der Waals surface area contributed by atoms with E-state index in [1.165, 1.54) is 12.1 Å². The van der Waals surface area contributed by atoms with E-state index in [0.717, 1.165) is 44.0 Å². The number of aromatic nitrogens is 1. The van der Waals surface area contributed by atoms with Crippen LogP contribution < -0.4 is 10.7 Å². The van der Waals surface area contributed by atoms with Gasteiger partial charge in [0.2, 0.25) is 0 Å². The molecule has 10 heteroatoms. The second-order valence-corrected chi connectivity index (χ2v) is 8.26. The second kappa shape index (κ2) is 10.3. The Morgan fingerprint density at radius 2 is 1.65 bits per heavy atom. The third kappa shape index (κ3) is 5.38. The van der Waals surface area contributed by atoms with E-state index in [4.69, 9.17) is 39.2 Å². The smallest absolute Gasteiger partial charge is 0.412 e. The first kappa shape index (κ1) is 24.0. The predicted molar refractivity (Wildman–Crippen MR) is 126 cm³/mol. The van der Waals surface area contributed by atoms with Gasteiger partial charge in [-0.05, 0) is 36.4 Å². The molecule has 2 heterocycles. The Kier molecular flexibility index (Phi) is 7.94. The topological polar surface area (TPSA) is 52.5 Å². The Morgan fingerprint density at radius 1 is 0.968 bits per heavy atom.